The molecule has 1 amide bonds. The zero-order chi connectivity index (χ0) is 14.5. The molecule has 1 saturated heterocycles. The normalized spacial score (nSPS) is 21.2. The van der Waals surface area contributed by atoms with Crippen LogP contribution in [0.25, 0.3) is 0 Å². The summed E-state index contributed by atoms with van der Waals surface area (Å²) in [6.07, 6.45) is 1.40. The quantitative estimate of drug-likeness (QED) is 0.466. The number of carboxylic acid groups (broad SMARTS) is 1. The second-order valence-electron chi connectivity index (χ2n) is 4.91. The second-order valence-corrected chi connectivity index (χ2v) is 4.91. The average molecular weight is 272 g/mol. The number of piperidine rings is 1. The van der Waals surface area contributed by atoms with E-state index in [1.807, 2.05) is 7.05 Å². The number of hydrogen-bond donors (Lipinski definition) is 4. The van der Waals surface area contributed by atoms with Crippen molar-refractivity contribution in [3.05, 3.63) is 12.3 Å². The molecule has 108 valence electrons. The minimum Gasteiger partial charge on any atom is -0.478 e. The lowest BCUT2D eigenvalue weighted by Crippen LogP contribution is -2.52. The first-order valence-electron chi connectivity index (χ1n) is 6.08. The summed E-state index contributed by atoms with van der Waals surface area (Å²) in [6, 6.07) is 0. The van der Waals surface area contributed by atoms with E-state index in [9.17, 15) is 19.8 Å². The zero-order valence-corrected chi connectivity index (χ0v) is 10.9. The van der Waals surface area contributed by atoms with Crippen LogP contribution in [0.2, 0.25) is 0 Å². The van der Waals surface area contributed by atoms with Crippen LogP contribution in [-0.2, 0) is 9.59 Å². The summed E-state index contributed by atoms with van der Waals surface area (Å²) in [5, 5.41) is 30.2. The number of carbonyl (C=O) groups excluding carboxylic acids is 1. The van der Waals surface area contributed by atoms with Gasteiger partial charge in [-0.05, 0) is 33.0 Å². The third-order valence-electron chi connectivity index (χ3n) is 3.58. The van der Waals surface area contributed by atoms with Crippen molar-refractivity contribution >= 4 is 11.9 Å². The van der Waals surface area contributed by atoms with E-state index in [0.29, 0.717) is 25.9 Å². The topological polar surface area (TPSA) is 110 Å². The van der Waals surface area contributed by atoms with E-state index < -0.39 is 23.4 Å². The number of nitrogens with one attached hydrogen (secondary N) is 1. The Kier molecular flexibility index (Phi) is 5.46. The van der Waals surface area contributed by atoms with Gasteiger partial charge in [0, 0.05) is 17.7 Å². The number of aliphatic carboxylic acids is 1. The summed E-state index contributed by atoms with van der Waals surface area (Å²) < 4.78 is 0. The number of amides is 1. The number of aliphatic hydroxyl groups excluding tert-OH is 2. The molecule has 1 atom stereocenters. The summed E-state index contributed by atoms with van der Waals surface area (Å²) in [7, 11) is 1.93. The number of likely N-dealkylation sites (tertiary alicyclic amines) is 1. The Hall–Kier alpha value is -1.44. The highest BCUT2D eigenvalue weighted by Crippen LogP contribution is 2.34. The molecule has 4 N–H and O–H groups in total. The van der Waals surface area contributed by atoms with Gasteiger partial charge in [0.2, 0.25) is 0 Å². The van der Waals surface area contributed by atoms with E-state index in [1.54, 1.807) is 0 Å². The van der Waals surface area contributed by atoms with Crippen molar-refractivity contribution in [1.82, 2.24) is 10.2 Å². The van der Waals surface area contributed by atoms with E-state index in [1.165, 1.54) is 0 Å². The molecule has 0 aromatic carbocycles. The van der Waals surface area contributed by atoms with Gasteiger partial charge in [-0.1, -0.05) is 0 Å². The molecule has 1 heterocycles. The van der Waals surface area contributed by atoms with Crippen molar-refractivity contribution in [2.24, 2.45) is 5.41 Å². The highest BCUT2D eigenvalue weighted by molar-refractivity contribution is 5.84. The fourth-order valence-electron chi connectivity index (χ4n) is 2.13. The molecular formula is C12H20N2O5. The number of rotatable bonds is 5. The zero-order valence-electron chi connectivity index (χ0n) is 10.9. The van der Waals surface area contributed by atoms with Crippen LogP contribution in [0.5, 0.6) is 0 Å². The Labute approximate surface area is 111 Å². The Balaban J connectivity index is 2.65. The predicted molar refractivity (Wildman–Crippen MR) is 67.2 cm³/mol. The molecule has 7 heteroatoms. The SMILES string of the molecule is CN1CCC(CO)(C(O)C(=O)NC=CC(=O)O)CC1. The lowest BCUT2D eigenvalue weighted by molar-refractivity contribution is -0.141. The first-order chi connectivity index (χ1) is 8.91. The van der Waals surface area contributed by atoms with E-state index in [0.717, 1.165) is 12.3 Å². The predicted octanol–water partition coefficient (Wildman–Crippen LogP) is -1.23. The largest absolute Gasteiger partial charge is 0.478 e. The molecule has 1 unspecified atom stereocenters. The molecule has 0 aromatic heterocycles. The van der Waals surface area contributed by atoms with Crippen LogP contribution >= 0.6 is 0 Å². The molecule has 1 fully saturated rings. The van der Waals surface area contributed by atoms with Gasteiger partial charge in [-0.25, -0.2) is 4.79 Å². The molecule has 1 aliphatic heterocycles. The highest BCUT2D eigenvalue weighted by atomic mass is 16.4. The molecule has 0 bridgehead atoms. The molecule has 0 saturated carbocycles. The Morgan fingerprint density at radius 1 is 1.42 bits per heavy atom. The first-order valence-corrected chi connectivity index (χ1v) is 6.08. The summed E-state index contributed by atoms with van der Waals surface area (Å²) >= 11 is 0. The van der Waals surface area contributed by atoms with E-state index in [4.69, 9.17) is 5.11 Å². The van der Waals surface area contributed by atoms with Crippen LogP contribution in [0.15, 0.2) is 12.3 Å². The van der Waals surface area contributed by atoms with Crippen LogP contribution in [-0.4, -0.2) is 64.9 Å². The van der Waals surface area contributed by atoms with E-state index in [-0.39, 0.29) is 6.61 Å². The van der Waals surface area contributed by atoms with Crippen molar-refractivity contribution in [3.8, 4) is 0 Å². The lowest BCUT2D eigenvalue weighted by Gasteiger charge is -2.41. The summed E-state index contributed by atoms with van der Waals surface area (Å²) in [5.41, 5.74) is -0.854. The maximum Gasteiger partial charge on any atom is 0.329 e. The van der Waals surface area contributed by atoms with E-state index in [2.05, 4.69) is 10.2 Å². The molecule has 1 rings (SSSR count). The minimum atomic E-state index is -1.36. The maximum atomic E-state index is 11.7. The van der Waals surface area contributed by atoms with Crippen molar-refractivity contribution in [1.29, 1.82) is 0 Å². The molecular weight excluding hydrogens is 252 g/mol. The number of carbonyl (C=O) groups is 2. The lowest BCUT2D eigenvalue weighted by atomic mass is 9.74. The Morgan fingerprint density at radius 3 is 2.47 bits per heavy atom. The van der Waals surface area contributed by atoms with Gasteiger partial charge in [0.05, 0.1) is 6.61 Å². The van der Waals surface area contributed by atoms with Gasteiger partial charge in [0.15, 0.2) is 0 Å². The molecule has 0 aliphatic carbocycles. The van der Waals surface area contributed by atoms with Gasteiger partial charge in [-0.3, -0.25) is 4.79 Å². The van der Waals surface area contributed by atoms with Crippen molar-refractivity contribution in [2.45, 2.75) is 18.9 Å². The number of carboxylic acids is 1. The number of nitrogens with zero attached hydrogens (tertiary/aromatic N) is 1. The molecule has 1 aliphatic rings. The van der Waals surface area contributed by atoms with Crippen molar-refractivity contribution < 1.29 is 24.9 Å². The van der Waals surface area contributed by atoms with Gasteiger partial charge < -0.3 is 25.5 Å². The van der Waals surface area contributed by atoms with Crippen LogP contribution in [0.3, 0.4) is 0 Å². The minimum absolute atomic E-state index is 0.280. The van der Waals surface area contributed by atoms with Crippen LogP contribution in [0.1, 0.15) is 12.8 Å². The molecule has 0 spiro atoms. The van der Waals surface area contributed by atoms with Gasteiger partial charge >= 0.3 is 5.97 Å². The van der Waals surface area contributed by atoms with Gasteiger partial charge in [0.25, 0.3) is 5.91 Å². The Morgan fingerprint density at radius 2 is 2.00 bits per heavy atom. The summed E-state index contributed by atoms with van der Waals surface area (Å²) in [5.74, 6) is -1.89. The van der Waals surface area contributed by atoms with Gasteiger partial charge in [-0.2, -0.15) is 0 Å². The smallest absolute Gasteiger partial charge is 0.329 e. The second kappa shape index (κ2) is 6.65. The first kappa shape index (κ1) is 15.6. The molecule has 7 nitrogen and oxygen atoms in total. The summed E-state index contributed by atoms with van der Waals surface area (Å²) in [4.78, 5) is 24.1. The fraction of sp³-hybridized carbons (Fsp3) is 0.667. The van der Waals surface area contributed by atoms with Gasteiger partial charge in [-0.15, -0.1) is 0 Å². The molecule has 0 radical (unpaired) electrons. The van der Waals surface area contributed by atoms with Crippen molar-refractivity contribution in [3.63, 3.8) is 0 Å². The third-order valence-corrected chi connectivity index (χ3v) is 3.58. The molecule has 19 heavy (non-hydrogen) atoms. The standard InChI is InChI=1S/C12H20N2O5/c1-14-6-3-12(8-15,4-7-14)10(18)11(19)13-5-2-9(16)17/h2,5,10,15,18H,3-4,6-8H2,1H3,(H,13,19)(H,16,17). The monoisotopic (exact) mass is 272 g/mol. The van der Waals surface area contributed by atoms with Crippen molar-refractivity contribution in [2.75, 3.05) is 26.7 Å². The van der Waals surface area contributed by atoms with Crippen LogP contribution < -0.4 is 5.32 Å². The van der Waals surface area contributed by atoms with Crippen LogP contribution in [0.4, 0.5) is 0 Å². The third kappa shape index (κ3) is 4.02. The van der Waals surface area contributed by atoms with Crippen LogP contribution in [0, 0.1) is 5.41 Å². The molecule has 0 aromatic rings. The van der Waals surface area contributed by atoms with E-state index >= 15 is 0 Å². The Bertz CT molecular complexity index is 361. The highest BCUT2D eigenvalue weighted by Gasteiger charge is 2.43. The maximum absolute atomic E-state index is 11.7. The summed E-state index contributed by atoms with van der Waals surface area (Å²) in [6.45, 7) is 1.10. The number of hydrogen-bond acceptors (Lipinski definition) is 5. The fourth-order valence-corrected chi connectivity index (χ4v) is 2.13. The average Bonchev–Trinajstić information content (AvgIpc) is 2.38. The number of aliphatic hydroxyl groups is 2. The van der Waals surface area contributed by atoms with Gasteiger partial charge in [0.1, 0.15) is 6.10 Å².